The van der Waals surface area contributed by atoms with Gasteiger partial charge >= 0.3 is 0 Å². The number of benzene rings is 1. The molecule has 26 heavy (non-hydrogen) atoms. The van der Waals surface area contributed by atoms with Gasteiger partial charge in [0.2, 0.25) is 0 Å². The third-order valence-corrected chi connectivity index (χ3v) is 5.95. The molecule has 2 fully saturated rings. The summed E-state index contributed by atoms with van der Waals surface area (Å²) in [4.78, 5) is 21.9. The highest BCUT2D eigenvalue weighted by Crippen LogP contribution is 2.33. The SMILES string of the molecule is O=C1C(=Cc2cccc3cccnc23)SC(=S)N1CCN1CCOCC1. The fourth-order valence-corrected chi connectivity index (χ4v) is 4.44. The number of amides is 1. The highest BCUT2D eigenvalue weighted by Gasteiger charge is 2.32. The van der Waals surface area contributed by atoms with E-state index < -0.39 is 0 Å². The molecule has 2 aromatic rings. The Morgan fingerprint density at radius 3 is 2.85 bits per heavy atom. The maximum absolute atomic E-state index is 12.8. The Labute approximate surface area is 162 Å². The number of para-hydroxylation sites is 1. The fourth-order valence-electron chi connectivity index (χ4n) is 3.14. The van der Waals surface area contributed by atoms with E-state index in [4.69, 9.17) is 17.0 Å². The number of rotatable bonds is 4. The lowest BCUT2D eigenvalue weighted by Gasteiger charge is -2.28. The average molecular weight is 386 g/mol. The summed E-state index contributed by atoms with van der Waals surface area (Å²) in [6, 6.07) is 9.92. The minimum absolute atomic E-state index is 0.0128. The first-order valence-corrected chi connectivity index (χ1v) is 9.84. The van der Waals surface area contributed by atoms with Crippen LogP contribution in [-0.2, 0) is 9.53 Å². The molecule has 3 heterocycles. The lowest BCUT2D eigenvalue weighted by atomic mass is 10.1. The number of hydrogen-bond donors (Lipinski definition) is 0. The molecule has 0 bridgehead atoms. The van der Waals surface area contributed by atoms with E-state index in [1.807, 2.05) is 36.4 Å². The van der Waals surface area contributed by atoms with Crippen molar-refractivity contribution in [3.63, 3.8) is 0 Å². The molecular weight excluding hydrogens is 366 g/mol. The molecule has 2 aliphatic rings. The molecule has 134 valence electrons. The lowest BCUT2D eigenvalue weighted by molar-refractivity contribution is -0.122. The number of morpholine rings is 1. The van der Waals surface area contributed by atoms with Gasteiger partial charge < -0.3 is 4.74 Å². The van der Waals surface area contributed by atoms with Gasteiger partial charge in [0.05, 0.1) is 23.6 Å². The van der Waals surface area contributed by atoms with Gasteiger partial charge in [-0.15, -0.1) is 0 Å². The summed E-state index contributed by atoms with van der Waals surface area (Å²) < 4.78 is 5.99. The molecule has 0 unspecified atom stereocenters. The van der Waals surface area contributed by atoms with E-state index >= 15 is 0 Å². The molecule has 1 aromatic carbocycles. The minimum atomic E-state index is -0.0128. The molecule has 2 saturated heterocycles. The third-order valence-electron chi connectivity index (χ3n) is 4.57. The van der Waals surface area contributed by atoms with E-state index in [1.165, 1.54) is 11.8 Å². The van der Waals surface area contributed by atoms with Crippen molar-refractivity contribution in [3.05, 3.63) is 47.0 Å². The van der Waals surface area contributed by atoms with Crippen LogP contribution in [0.4, 0.5) is 0 Å². The van der Waals surface area contributed by atoms with Crippen LogP contribution in [0.15, 0.2) is 41.4 Å². The van der Waals surface area contributed by atoms with Crippen molar-refractivity contribution in [2.45, 2.75) is 0 Å². The predicted octanol–water partition coefficient (Wildman–Crippen LogP) is 2.77. The van der Waals surface area contributed by atoms with E-state index in [0.29, 0.717) is 15.8 Å². The van der Waals surface area contributed by atoms with E-state index in [2.05, 4.69) is 9.88 Å². The monoisotopic (exact) mass is 385 g/mol. The molecule has 0 radical (unpaired) electrons. The Kier molecular flexibility index (Phi) is 5.31. The first kappa shape index (κ1) is 17.6. The number of thioether (sulfide) groups is 1. The number of thiocarbonyl (C=S) groups is 1. The van der Waals surface area contributed by atoms with Crippen molar-refractivity contribution in [1.29, 1.82) is 0 Å². The third kappa shape index (κ3) is 3.66. The Hall–Kier alpha value is -1.80. The first-order chi connectivity index (χ1) is 12.7. The standard InChI is InChI=1S/C19H19N3O2S2/c23-18-16(13-15-4-1-3-14-5-2-6-20-17(14)15)26-19(25)22(18)8-7-21-9-11-24-12-10-21/h1-6,13H,7-12H2. The molecule has 1 aromatic heterocycles. The molecule has 2 aliphatic heterocycles. The zero-order valence-corrected chi connectivity index (χ0v) is 15.9. The number of carbonyl (C=O) groups is 1. The Morgan fingerprint density at radius 1 is 1.19 bits per heavy atom. The van der Waals surface area contributed by atoms with Crippen molar-refractivity contribution < 1.29 is 9.53 Å². The second kappa shape index (κ2) is 7.84. The van der Waals surface area contributed by atoms with Crippen LogP contribution in [0.1, 0.15) is 5.56 Å². The molecule has 0 atom stereocenters. The zero-order chi connectivity index (χ0) is 17.9. The lowest BCUT2D eigenvalue weighted by Crippen LogP contribution is -2.42. The second-order valence-corrected chi connectivity index (χ2v) is 7.89. The number of aromatic nitrogens is 1. The van der Waals surface area contributed by atoms with Crippen LogP contribution in [0.2, 0.25) is 0 Å². The van der Waals surface area contributed by atoms with Gasteiger partial charge in [-0.05, 0) is 12.1 Å². The van der Waals surface area contributed by atoms with Crippen molar-refractivity contribution in [1.82, 2.24) is 14.8 Å². The summed E-state index contributed by atoms with van der Waals surface area (Å²) in [5.41, 5.74) is 1.84. The van der Waals surface area contributed by atoms with Gasteiger partial charge in [0, 0.05) is 43.3 Å². The van der Waals surface area contributed by atoms with E-state index in [0.717, 1.165) is 49.3 Å². The maximum atomic E-state index is 12.8. The van der Waals surface area contributed by atoms with Crippen LogP contribution >= 0.6 is 24.0 Å². The van der Waals surface area contributed by atoms with Crippen LogP contribution in [0.3, 0.4) is 0 Å². The Balaban J connectivity index is 1.51. The number of ether oxygens (including phenoxy) is 1. The average Bonchev–Trinajstić information content (AvgIpc) is 2.94. The summed E-state index contributed by atoms with van der Waals surface area (Å²) in [5, 5.41) is 1.06. The first-order valence-electron chi connectivity index (χ1n) is 8.61. The van der Waals surface area contributed by atoms with Crippen LogP contribution in [0.5, 0.6) is 0 Å². The number of fused-ring (bicyclic) bond motifs is 1. The van der Waals surface area contributed by atoms with Gasteiger partial charge in [-0.25, -0.2) is 0 Å². The normalized spacial score (nSPS) is 20.5. The highest BCUT2D eigenvalue weighted by atomic mass is 32.2. The number of pyridine rings is 1. The van der Waals surface area contributed by atoms with Crippen LogP contribution in [0, 0.1) is 0 Å². The number of nitrogens with zero attached hydrogens (tertiary/aromatic N) is 3. The minimum Gasteiger partial charge on any atom is -0.379 e. The molecule has 1 amide bonds. The van der Waals surface area contributed by atoms with Crippen molar-refractivity contribution in [2.24, 2.45) is 0 Å². The van der Waals surface area contributed by atoms with Crippen molar-refractivity contribution in [3.8, 4) is 0 Å². The van der Waals surface area contributed by atoms with Crippen molar-refractivity contribution in [2.75, 3.05) is 39.4 Å². The van der Waals surface area contributed by atoms with Crippen LogP contribution in [0.25, 0.3) is 17.0 Å². The Bertz CT molecular complexity index is 873. The second-order valence-electron chi connectivity index (χ2n) is 6.21. The fraction of sp³-hybridized carbons (Fsp3) is 0.316. The zero-order valence-electron chi connectivity index (χ0n) is 14.3. The maximum Gasteiger partial charge on any atom is 0.266 e. The molecule has 7 heteroatoms. The summed E-state index contributed by atoms with van der Waals surface area (Å²) in [6.45, 7) is 4.77. The molecule has 0 N–H and O–H groups in total. The van der Waals surface area contributed by atoms with Gasteiger partial charge in [0.25, 0.3) is 5.91 Å². The number of hydrogen-bond acceptors (Lipinski definition) is 6. The summed E-state index contributed by atoms with van der Waals surface area (Å²) in [6.07, 6.45) is 3.68. The summed E-state index contributed by atoms with van der Waals surface area (Å²) >= 11 is 6.81. The molecule has 0 aliphatic carbocycles. The molecule has 0 spiro atoms. The van der Waals surface area contributed by atoms with Gasteiger partial charge in [-0.1, -0.05) is 48.2 Å². The van der Waals surface area contributed by atoms with Gasteiger partial charge in [0.15, 0.2) is 0 Å². The summed E-state index contributed by atoms with van der Waals surface area (Å²) in [5.74, 6) is -0.0128. The molecule has 4 rings (SSSR count). The molecule has 0 saturated carbocycles. The van der Waals surface area contributed by atoms with Crippen LogP contribution in [-0.4, -0.2) is 64.4 Å². The highest BCUT2D eigenvalue weighted by molar-refractivity contribution is 8.26. The smallest absolute Gasteiger partial charge is 0.266 e. The van der Waals surface area contributed by atoms with E-state index in [-0.39, 0.29) is 5.91 Å². The van der Waals surface area contributed by atoms with Gasteiger partial charge in [-0.3, -0.25) is 19.6 Å². The van der Waals surface area contributed by atoms with E-state index in [1.54, 1.807) is 11.1 Å². The predicted molar refractivity (Wildman–Crippen MR) is 109 cm³/mol. The van der Waals surface area contributed by atoms with Crippen molar-refractivity contribution >= 4 is 51.2 Å². The quantitative estimate of drug-likeness (QED) is 0.596. The number of carbonyl (C=O) groups excluding carboxylic acids is 1. The summed E-state index contributed by atoms with van der Waals surface area (Å²) in [7, 11) is 0. The van der Waals surface area contributed by atoms with Crippen LogP contribution < -0.4 is 0 Å². The Morgan fingerprint density at radius 2 is 2.00 bits per heavy atom. The van der Waals surface area contributed by atoms with Gasteiger partial charge in [0.1, 0.15) is 4.32 Å². The molecular formula is C19H19N3O2S2. The van der Waals surface area contributed by atoms with Gasteiger partial charge in [-0.2, -0.15) is 0 Å². The topological polar surface area (TPSA) is 45.7 Å². The molecule has 5 nitrogen and oxygen atoms in total. The largest absolute Gasteiger partial charge is 0.379 e. The van der Waals surface area contributed by atoms with E-state index in [9.17, 15) is 4.79 Å².